The highest BCUT2D eigenvalue weighted by molar-refractivity contribution is 5.97. The number of hydrogen-bond donors (Lipinski definition) is 1. The lowest BCUT2D eigenvalue weighted by molar-refractivity contribution is -0.133. The maximum absolute atomic E-state index is 12.7. The lowest BCUT2D eigenvalue weighted by atomic mass is 9.80. The number of ketones is 1. The molecule has 138 valence electrons. The second kappa shape index (κ2) is 7.11. The number of nitrogens with one attached hydrogen (secondary N) is 1. The van der Waals surface area contributed by atoms with E-state index in [0.717, 1.165) is 32.1 Å². The highest BCUT2D eigenvalue weighted by Gasteiger charge is 2.41. The van der Waals surface area contributed by atoms with E-state index in [1.54, 1.807) is 31.4 Å². The van der Waals surface area contributed by atoms with Gasteiger partial charge in [0.15, 0.2) is 0 Å². The molecular formula is C20H23NO5. The van der Waals surface area contributed by atoms with Gasteiger partial charge in [0.05, 0.1) is 12.0 Å². The molecule has 0 saturated heterocycles. The van der Waals surface area contributed by atoms with Gasteiger partial charge in [-0.15, -0.1) is 0 Å². The summed E-state index contributed by atoms with van der Waals surface area (Å²) in [6, 6.07) is 7.12. The standard InChI is InChI=1S/C20H23NO5/c1-24-15-8-9-16-17(10-15)25-11-18(19(16)22)26-14-6-2-12(3-7-14)20(23)21-13-4-5-13/h2-3,6-7,11,13,15-17H,4-5,8-10H2,1H3,(H,21,23). The van der Waals surface area contributed by atoms with Crippen molar-refractivity contribution in [1.29, 1.82) is 0 Å². The fourth-order valence-electron chi connectivity index (χ4n) is 3.52. The number of hydrogen-bond acceptors (Lipinski definition) is 5. The normalized spacial score (nSPS) is 27.8. The minimum absolute atomic E-state index is 0.0219. The summed E-state index contributed by atoms with van der Waals surface area (Å²) in [6.07, 6.45) is 5.84. The molecular weight excluding hydrogens is 334 g/mol. The Morgan fingerprint density at radius 2 is 1.92 bits per heavy atom. The molecule has 6 nitrogen and oxygen atoms in total. The Labute approximate surface area is 152 Å². The highest BCUT2D eigenvalue weighted by atomic mass is 16.5. The van der Waals surface area contributed by atoms with Crippen LogP contribution in [-0.2, 0) is 14.3 Å². The Hall–Kier alpha value is -2.34. The van der Waals surface area contributed by atoms with E-state index >= 15 is 0 Å². The van der Waals surface area contributed by atoms with E-state index < -0.39 is 0 Å². The first-order chi connectivity index (χ1) is 12.6. The molecule has 1 heterocycles. The average molecular weight is 357 g/mol. The van der Waals surface area contributed by atoms with Gasteiger partial charge in [-0.1, -0.05) is 0 Å². The molecule has 3 aliphatic rings. The lowest BCUT2D eigenvalue weighted by Crippen LogP contribution is -2.42. The van der Waals surface area contributed by atoms with Crippen molar-refractivity contribution in [2.75, 3.05) is 7.11 Å². The molecule has 2 fully saturated rings. The van der Waals surface area contributed by atoms with Gasteiger partial charge in [0.1, 0.15) is 18.1 Å². The van der Waals surface area contributed by atoms with Crippen LogP contribution in [0.4, 0.5) is 0 Å². The second-order valence-electron chi connectivity index (χ2n) is 7.17. The molecule has 1 amide bonds. The molecule has 2 aliphatic carbocycles. The van der Waals surface area contributed by atoms with Gasteiger partial charge in [-0.25, -0.2) is 0 Å². The molecule has 3 unspecified atom stereocenters. The first-order valence-electron chi connectivity index (χ1n) is 9.15. The number of carbonyl (C=O) groups excluding carboxylic acids is 2. The third-order valence-electron chi connectivity index (χ3n) is 5.26. The molecule has 0 spiro atoms. The van der Waals surface area contributed by atoms with Crippen LogP contribution in [0.3, 0.4) is 0 Å². The number of ether oxygens (including phenoxy) is 3. The number of benzene rings is 1. The topological polar surface area (TPSA) is 73.9 Å². The molecule has 6 heteroatoms. The third-order valence-corrected chi connectivity index (χ3v) is 5.26. The molecule has 1 aliphatic heterocycles. The Morgan fingerprint density at radius 3 is 2.62 bits per heavy atom. The molecule has 2 saturated carbocycles. The van der Waals surface area contributed by atoms with Crippen LogP contribution in [0.15, 0.2) is 36.3 Å². The molecule has 0 aromatic heterocycles. The van der Waals surface area contributed by atoms with Gasteiger partial charge in [0.25, 0.3) is 5.91 Å². The van der Waals surface area contributed by atoms with Gasteiger partial charge in [-0.3, -0.25) is 9.59 Å². The highest BCUT2D eigenvalue weighted by Crippen LogP contribution is 2.34. The van der Waals surface area contributed by atoms with Crippen molar-refractivity contribution in [2.24, 2.45) is 5.92 Å². The van der Waals surface area contributed by atoms with E-state index in [9.17, 15) is 9.59 Å². The van der Waals surface area contributed by atoms with Crippen molar-refractivity contribution in [2.45, 2.75) is 50.4 Å². The molecule has 0 bridgehead atoms. The van der Waals surface area contributed by atoms with Gasteiger partial charge in [-0.05, 0) is 49.9 Å². The van der Waals surface area contributed by atoms with Crippen molar-refractivity contribution in [3.63, 3.8) is 0 Å². The van der Waals surface area contributed by atoms with Crippen LogP contribution in [-0.4, -0.2) is 37.0 Å². The summed E-state index contributed by atoms with van der Waals surface area (Å²) >= 11 is 0. The van der Waals surface area contributed by atoms with Crippen LogP contribution >= 0.6 is 0 Å². The van der Waals surface area contributed by atoms with Crippen molar-refractivity contribution in [3.05, 3.63) is 41.9 Å². The largest absolute Gasteiger partial charge is 0.493 e. The molecule has 4 rings (SSSR count). The SMILES string of the molecule is COC1CCC2C(=O)C(Oc3ccc(C(=O)NC4CC4)cc3)=COC2C1. The number of methoxy groups -OCH3 is 1. The van der Waals surface area contributed by atoms with Crippen LogP contribution in [0.25, 0.3) is 0 Å². The molecule has 1 N–H and O–H groups in total. The smallest absolute Gasteiger partial charge is 0.251 e. The quantitative estimate of drug-likeness (QED) is 0.877. The molecule has 1 aromatic carbocycles. The fraction of sp³-hybridized carbons (Fsp3) is 0.500. The number of carbonyl (C=O) groups is 2. The van der Waals surface area contributed by atoms with Gasteiger partial charge < -0.3 is 19.5 Å². The predicted octanol–water partition coefficient (Wildman–Crippen LogP) is 2.58. The van der Waals surface area contributed by atoms with Crippen LogP contribution < -0.4 is 10.1 Å². The van der Waals surface area contributed by atoms with Crippen molar-refractivity contribution in [3.8, 4) is 5.75 Å². The number of fused-ring (bicyclic) bond motifs is 1. The number of Topliss-reactive ketones (excluding diaryl/α,β-unsaturated/α-hetero) is 1. The maximum Gasteiger partial charge on any atom is 0.251 e. The zero-order valence-electron chi connectivity index (χ0n) is 14.8. The zero-order chi connectivity index (χ0) is 18.1. The van der Waals surface area contributed by atoms with Gasteiger partial charge in [0, 0.05) is 25.1 Å². The number of allylic oxidation sites excluding steroid dienone is 1. The Balaban J connectivity index is 1.40. The molecule has 0 radical (unpaired) electrons. The van der Waals surface area contributed by atoms with E-state index in [4.69, 9.17) is 14.2 Å². The molecule has 26 heavy (non-hydrogen) atoms. The minimum Gasteiger partial charge on any atom is -0.493 e. The summed E-state index contributed by atoms with van der Waals surface area (Å²) in [5.41, 5.74) is 0.586. The Kier molecular flexibility index (Phi) is 4.68. The van der Waals surface area contributed by atoms with E-state index in [1.165, 1.54) is 6.26 Å². The molecule has 1 aromatic rings. The Morgan fingerprint density at radius 1 is 1.15 bits per heavy atom. The predicted molar refractivity (Wildman–Crippen MR) is 93.7 cm³/mol. The first kappa shape index (κ1) is 17.1. The van der Waals surface area contributed by atoms with Crippen LogP contribution in [0, 0.1) is 5.92 Å². The van der Waals surface area contributed by atoms with Crippen LogP contribution in [0.1, 0.15) is 42.5 Å². The van der Waals surface area contributed by atoms with Crippen LogP contribution in [0.5, 0.6) is 5.75 Å². The van der Waals surface area contributed by atoms with Crippen molar-refractivity contribution in [1.82, 2.24) is 5.32 Å². The van der Waals surface area contributed by atoms with E-state index in [2.05, 4.69) is 5.32 Å². The zero-order valence-corrected chi connectivity index (χ0v) is 14.8. The summed E-state index contributed by atoms with van der Waals surface area (Å²) in [7, 11) is 1.69. The monoisotopic (exact) mass is 357 g/mol. The second-order valence-corrected chi connectivity index (χ2v) is 7.17. The number of rotatable bonds is 5. The van der Waals surface area contributed by atoms with Crippen LogP contribution in [0.2, 0.25) is 0 Å². The minimum atomic E-state index is -0.176. The lowest BCUT2D eigenvalue weighted by Gasteiger charge is -2.36. The van der Waals surface area contributed by atoms with E-state index in [-0.39, 0.29) is 35.6 Å². The first-order valence-corrected chi connectivity index (χ1v) is 9.15. The average Bonchev–Trinajstić information content (AvgIpc) is 3.48. The summed E-state index contributed by atoms with van der Waals surface area (Å²) in [4.78, 5) is 24.7. The fourth-order valence-corrected chi connectivity index (χ4v) is 3.52. The maximum atomic E-state index is 12.7. The summed E-state index contributed by atoms with van der Waals surface area (Å²) in [5, 5.41) is 2.94. The van der Waals surface area contributed by atoms with Crippen molar-refractivity contribution < 1.29 is 23.8 Å². The third kappa shape index (κ3) is 3.60. The van der Waals surface area contributed by atoms with Gasteiger partial charge in [-0.2, -0.15) is 0 Å². The number of amides is 1. The Bertz CT molecular complexity index is 722. The summed E-state index contributed by atoms with van der Waals surface area (Å²) in [5.74, 6) is 0.460. The molecule has 3 atom stereocenters. The van der Waals surface area contributed by atoms with E-state index in [0.29, 0.717) is 17.4 Å². The summed E-state index contributed by atoms with van der Waals surface area (Å²) in [6.45, 7) is 0. The van der Waals surface area contributed by atoms with Gasteiger partial charge >= 0.3 is 0 Å². The van der Waals surface area contributed by atoms with Gasteiger partial charge in [0.2, 0.25) is 11.5 Å². The summed E-state index contributed by atoms with van der Waals surface area (Å²) < 4.78 is 16.8. The van der Waals surface area contributed by atoms with E-state index in [1.807, 2.05) is 0 Å². The van der Waals surface area contributed by atoms with Crippen molar-refractivity contribution >= 4 is 11.7 Å².